The molecule has 1 aliphatic heterocycles. The van der Waals surface area contributed by atoms with Crippen LogP contribution in [0, 0.1) is 5.92 Å². The summed E-state index contributed by atoms with van der Waals surface area (Å²) >= 11 is 0. The quantitative estimate of drug-likeness (QED) is 0.922. The Hall–Kier alpha value is -2.04. The van der Waals surface area contributed by atoms with Crippen LogP contribution in [0.1, 0.15) is 27.2 Å². The molecule has 2 rings (SSSR count). The number of carbonyl (C=O) groups is 2. The van der Waals surface area contributed by atoms with Gasteiger partial charge in [0, 0.05) is 5.69 Å². The zero-order valence-corrected chi connectivity index (χ0v) is 12.9. The van der Waals surface area contributed by atoms with Gasteiger partial charge in [0.1, 0.15) is 17.8 Å². The van der Waals surface area contributed by atoms with E-state index in [9.17, 15) is 9.59 Å². The Balaban J connectivity index is 2.38. The van der Waals surface area contributed by atoms with E-state index in [2.05, 4.69) is 5.32 Å². The van der Waals surface area contributed by atoms with Gasteiger partial charge in [0.05, 0.1) is 7.11 Å². The summed E-state index contributed by atoms with van der Waals surface area (Å²) in [6.45, 7) is 5.77. The second-order valence-electron chi connectivity index (χ2n) is 5.56. The Morgan fingerprint density at radius 3 is 2.33 bits per heavy atom. The number of nitrogens with one attached hydrogen (secondary N) is 1. The van der Waals surface area contributed by atoms with Crippen LogP contribution in [0.2, 0.25) is 0 Å². The SMILES string of the molecule is CCC1C(=O)NC(C(C)C)C(=O)N1c1ccc(OC)cc1. The lowest BCUT2D eigenvalue weighted by Gasteiger charge is -2.40. The Bertz CT molecular complexity index is 525. The predicted octanol–water partition coefficient (Wildman–Crippen LogP) is 1.96. The molecule has 1 N–H and O–H groups in total. The van der Waals surface area contributed by atoms with E-state index in [0.29, 0.717) is 6.42 Å². The summed E-state index contributed by atoms with van der Waals surface area (Å²) in [5.74, 6) is 0.634. The minimum atomic E-state index is -0.470. The fourth-order valence-corrected chi connectivity index (χ4v) is 2.60. The number of ether oxygens (including phenoxy) is 1. The van der Waals surface area contributed by atoms with Crippen LogP contribution in [0.3, 0.4) is 0 Å². The second-order valence-corrected chi connectivity index (χ2v) is 5.56. The molecule has 2 unspecified atom stereocenters. The van der Waals surface area contributed by atoms with Crippen LogP contribution >= 0.6 is 0 Å². The molecule has 0 bridgehead atoms. The zero-order chi connectivity index (χ0) is 15.6. The number of anilines is 1. The normalized spacial score (nSPS) is 22.4. The van der Waals surface area contributed by atoms with Gasteiger partial charge in [-0.1, -0.05) is 20.8 Å². The molecule has 0 spiro atoms. The lowest BCUT2D eigenvalue weighted by atomic mass is 9.96. The molecule has 5 heteroatoms. The minimum absolute atomic E-state index is 0.0541. The number of rotatable bonds is 4. The van der Waals surface area contributed by atoms with E-state index < -0.39 is 12.1 Å². The molecular formula is C16H22N2O3. The molecule has 0 radical (unpaired) electrons. The van der Waals surface area contributed by atoms with Gasteiger partial charge < -0.3 is 10.1 Å². The monoisotopic (exact) mass is 290 g/mol. The van der Waals surface area contributed by atoms with Gasteiger partial charge in [-0.2, -0.15) is 0 Å². The first-order valence-corrected chi connectivity index (χ1v) is 7.27. The van der Waals surface area contributed by atoms with Crippen molar-refractivity contribution in [1.82, 2.24) is 5.32 Å². The molecule has 2 amide bonds. The summed E-state index contributed by atoms with van der Waals surface area (Å²) in [7, 11) is 1.60. The summed E-state index contributed by atoms with van der Waals surface area (Å²) in [6.07, 6.45) is 0.578. The van der Waals surface area contributed by atoms with Crippen molar-refractivity contribution in [3.63, 3.8) is 0 Å². The molecule has 1 saturated heterocycles. The Kier molecular flexibility index (Phi) is 4.50. The number of hydrogen-bond donors (Lipinski definition) is 1. The molecular weight excluding hydrogens is 268 g/mol. The molecule has 1 heterocycles. The van der Waals surface area contributed by atoms with Gasteiger partial charge in [0.25, 0.3) is 5.91 Å². The fourth-order valence-electron chi connectivity index (χ4n) is 2.60. The van der Waals surface area contributed by atoms with Crippen molar-refractivity contribution in [2.24, 2.45) is 5.92 Å². The summed E-state index contributed by atoms with van der Waals surface area (Å²) in [5.41, 5.74) is 0.730. The number of hydrogen-bond acceptors (Lipinski definition) is 3. The van der Waals surface area contributed by atoms with Crippen molar-refractivity contribution in [2.45, 2.75) is 39.3 Å². The zero-order valence-electron chi connectivity index (χ0n) is 12.9. The summed E-state index contributed by atoms with van der Waals surface area (Å²) in [4.78, 5) is 26.6. The number of nitrogens with zero attached hydrogens (tertiary/aromatic N) is 1. The number of amides is 2. The highest BCUT2D eigenvalue weighted by atomic mass is 16.5. The van der Waals surface area contributed by atoms with Gasteiger partial charge in [-0.25, -0.2) is 0 Å². The Morgan fingerprint density at radius 1 is 1.24 bits per heavy atom. The Labute approximate surface area is 125 Å². The topological polar surface area (TPSA) is 58.6 Å². The molecule has 0 saturated carbocycles. The molecule has 0 aliphatic carbocycles. The van der Waals surface area contributed by atoms with Crippen LogP contribution < -0.4 is 15.0 Å². The van der Waals surface area contributed by atoms with Crippen LogP contribution in [0.4, 0.5) is 5.69 Å². The molecule has 2 atom stereocenters. The molecule has 114 valence electrons. The van der Waals surface area contributed by atoms with Crippen molar-refractivity contribution in [3.05, 3.63) is 24.3 Å². The van der Waals surface area contributed by atoms with E-state index in [-0.39, 0.29) is 17.7 Å². The first kappa shape index (κ1) is 15.4. The Morgan fingerprint density at radius 2 is 1.86 bits per heavy atom. The van der Waals surface area contributed by atoms with Crippen molar-refractivity contribution >= 4 is 17.5 Å². The van der Waals surface area contributed by atoms with E-state index in [1.54, 1.807) is 24.1 Å². The van der Waals surface area contributed by atoms with E-state index in [0.717, 1.165) is 11.4 Å². The van der Waals surface area contributed by atoms with Crippen molar-refractivity contribution < 1.29 is 14.3 Å². The summed E-state index contributed by atoms with van der Waals surface area (Å²) in [6, 6.07) is 6.30. The smallest absolute Gasteiger partial charge is 0.250 e. The molecule has 1 aromatic rings. The highest BCUT2D eigenvalue weighted by Crippen LogP contribution is 2.26. The largest absolute Gasteiger partial charge is 0.497 e. The van der Waals surface area contributed by atoms with Gasteiger partial charge in [-0.15, -0.1) is 0 Å². The number of benzene rings is 1. The van der Waals surface area contributed by atoms with Crippen LogP contribution in [0.5, 0.6) is 5.75 Å². The first-order valence-electron chi connectivity index (χ1n) is 7.27. The van der Waals surface area contributed by atoms with E-state index in [4.69, 9.17) is 4.74 Å². The molecule has 0 aromatic heterocycles. The number of carbonyl (C=O) groups excluding carboxylic acids is 2. The fraction of sp³-hybridized carbons (Fsp3) is 0.500. The van der Waals surface area contributed by atoms with Gasteiger partial charge in [0.15, 0.2) is 0 Å². The minimum Gasteiger partial charge on any atom is -0.497 e. The average Bonchev–Trinajstić information content (AvgIpc) is 2.48. The van der Waals surface area contributed by atoms with Crippen LogP contribution in [-0.2, 0) is 9.59 Å². The van der Waals surface area contributed by atoms with Crippen LogP contribution in [0.15, 0.2) is 24.3 Å². The lowest BCUT2D eigenvalue weighted by Crippen LogP contribution is -2.64. The first-order chi connectivity index (χ1) is 9.99. The maximum atomic E-state index is 12.7. The highest BCUT2D eigenvalue weighted by Gasteiger charge is 2.41. The third-order valence-corrected chi connectivity index (χ3v) is 3.82. The highest BCUT2D eigenvalue weighted by molar-refractivity contribution is 6.08. The van der Waals surface area contributed by atoms with Crippen LogP contribution in [-0.4, -0.2) is 31.0 Å². The molecule has 5 nitrogen and oxygen atoms in total. The lowest BCUT2D eigenvalue weighted by molar-refractivity contribution is -0.134. The predicted molar refractivity (Wildman–Crippen MR) is 81.3 cm³/mol. The van der Waals surface area contributed by atoms with E-state index in [1.165, 1.54) is 0 Å². The van der Waals surface area contributed by atoms with Crippen molar-refractivity contribution in [3.8, 4) is 5.75 Å². The van der Waals surface area contributed by atoms with Gasteiger partial charge in [0.2, 0.25) is 5.91 Å². The average molecular weight is 290 g/mol. The molecule has 1 aromatic carbocycles. The van der Waals surface area contributed by atoms with Crippen LogP contribution in [0.25, 0.3) is 0 Å². The molecule has 1 aliphatic rings. The number of methoxy groups -OCH3 is 1. The molecule has 21 heavy (non-hydrogen) atoms. The molecule has 1 fully saturated rings. The number of piperazine rings is 1. The summed E-state index contributed by atoms with van der Waals surface area (Å²) < 4.78 is 5.13. The van der Waals surface area contributed by atoms with Gasteiger partial charge >= 0.3 is 0 Å². The van der Waals surface area contributed by atoms with Crippen molar-refractivity contribution in [1.29, 1.82) is 0 Å². The van der Waals surface area contributed by atoms with Gasteiger partial charge in [-0.05, 0) is 36.6 Å². The maximum Gasteiger partial charge on any atom is 0.250 e. The third-order valence-electron chi connectivity index (χ3n) is 3.82. The van der Waals surface area contributed by atoms with E-state index >= 15 is 0 Å². The summed E-state index contributed by atoms with van der Waals surface area (Å²) in [5, 5.41) is 2.83. The van der Waals surface area contributed by atoms with E-state index in [1.807, 2.05) is 32.9 Å². The standard InChI is InChI=1S/C16H22N2O3/c1-5-13-15(19)17-14(10(2)3)16(20)18(13)11-6-8-12(21-4)9-7-11/h6-10,13-14H,5H2,1-4H3,(H,17,19). The third kappa shape index (κ3) is 2.86. The van der Waals surface area contributed by atoms with Gasteiger partial charge in [-0.3, -0.25) is 14.5 Å². The second kappa shape index (κ2) is 6.16. The maximum absolute atomic E-state index is 12.7. The van der Waals surface area contributed by atoms with Crippen molar-refractivity contribution in [2.75, 3.05) is 12.0 Å².